The summed E-state index contributed by atoms with van der Waals surface area (Å²) in [4.78, 5) is 41.2. The minimum atomic E-state index is -0.869. The Hall–Kier alpha value is -3.87. The fraction of sp³-hybridized carbons (Fsp3) is 0.387. The molecule has 1 unspecified atom stereocenters. The standard InChI is InChI=1S/C31H39N3O4/c1-6-7-10-18-34(27(35)21-32-30(37)38-31(3,4)5)28(25-15-11-12-22(2)19-25)29(36)33-26-17-16-23-13-8-9-14-24(23)20-26/h8-9,11-17,19-20,28H,6-7,10,18,21H2,1-5H3,(H,32,37)(H,33,36). The van der Waals surface area contributed by atoms with Crippen LogP contribution in [-0.2, 0) is 14.3 Å². The molecule has 0 radical (unpaired) electrons. The second-order valence-corrected chi connectivity index (χ2v) is 10.5. The quantitative estimate of drug-likeness (QED) is 0.306. The second kappa shape index (κ2) is 13.1. The third kappa shape index (κ3) is 8.33. The van der Waals surface area contributed by atoms with E-state index < -0.39 is 17.7 Å². The number of alkyl carbamates (subject to hydrolysis) is 1. The summed E-state index contributed by atoms with van der Waals surface area (Å²) in [6.07, 6.45) is 1.94. The number of fused-ring (bicyclic) bond motifs is 1. The lowest BCUT2D eigenvalue weighted by molar-refractivity contribution is -0.138. The number of anilines is 1. The maximum Gasteiger partial charge on any atom is 0.408 e. The maximum atomic E-state index is 13.8. The second-order valence-electron chi connectivity index (χ2n) is 10.5. The zero-order valence-corrected chi connectivity index (χ0v) is 23.0. The lowest BCUT2D eigenvalue weighted by Crippen LogP contribution is -2.47. The predicted octanol–water partition coefficient (Wildman–Crippen LogP) is 6.37. The van der Waals surface area contributed by atoms with Crippen LogP contribution in [0, 0.1) is 6.92 Å². The number of carbonyl (C=O) groups is 3. The van der Waals surface area contributed by atoms with E-state index in [-0.39, 0.29) is 18.4 Å². The number of benzene rings is 3. The van der Waals surface area contributed by atoms with Crippen LogP contribution in [0.2, 0.25) is 0 Å². The fourth-order valence-corrected chi connectivity index (χ4v) is 4.28. The molecule has 0 spiro atoms. The van der Waals surface area contributed by atoms with E-state index in [4.69, 9.17) is 4.74 Å². The molecule has 38 heavy (non-hydrogen) atoms. The van der Waals surface area contributed by atoms with Gasteiger partial charge in [-0.15, -0.1) is 0 Å². The molecule has 3 amide bonds. The SMILES string of the molecule is CCCCCN(C(=O)CNC(=O)OC(C)(C)C)C(C(=O)Nc1ccc2ccccc2c1)c1cccc(C)c1. The molecule has 202 valence electrons. The third-order valence-electron chi connectivity index (χ3n) is 6.04. The lowest BCUT2D eigenvalue weighted by atomic mass is 10.0. The van der Waals surface area contributed by atoms with E-state index in [1.807, 2.05) is 73.7 Å². The highest BCUT2D eigenvalue weighted by Crippen LogP contribution is 2.26. The molecule has 0 aliphatic carbocycles. The Labute approximate surface area is 225 Å². The van der Waals surface area contributed by atoms with E-state index in [0.717, 1.165) is 35.6 Å². The molecular formula is C31H39N3O4. The third-order valence-corrected chi connectivity index (χ3v) is 6.04. The number of hydrogen-bond donors (Lipinski definition) is 2. The van der Waals surface area contributed by atoms with Crippen LogP contribution in [0.25, 0.3) is 10.8 Å². The van der Waals surface area contributed by atoms with Gasteiger partial charge in [-0.25, -0.2) is 4.79 Å². The van der Waals surface area contributed by atoms with Gasteiger partial charge in [0.15, 0.2) is 0 Å². The first-order valence-electron chi connectivity index (χ1n) is 13.2. The summed E-state index contributed by atoms with van der Waals surface area (Å²) in [5.41, 5.74) is 1.67. The zero-order chi connectivity index (χ0) is 27.7. The smallest absolute Gasteiger partial charge is 0.408 e. The van der Waals surface area contributed by atoms with Crippen LogP contribution in [0.4, 0.5) is 10.5 Å². The lowest BCUT2D eigenvalue weighted by Gasteiger charge is -2.32. The highest BCUT2D eigenvalue weighted by Gasteiger charge is 2.32. The van der Waals surface area contributed by atoms with Crippen molar-refractivity contribution in [2.45, 2.75) is 65.5 Å². The highest BCUT2D eigenvalue weighted by molar-refractivity contribution is 6.00. The van der Waals surface area contributed by atoms with Gasteiger partial charge in [-0.1, -0.05) is 79.9 Å². The van der Waals surface area contributed by atoms with Gasteiger partial charge < -0.3 is 20.3 Å². The van der Waals surface area contributed by atoms with Crippen LogP contribution >= 0.6 is 0 Å². The van der Waals surface area contributed by atoms with Crippen molar-refractivity contribution in [1.82, 2.24) is 10.2 Å². The molecule has 2 N–H and O–H groups in total. The summed E-state index contributed by atoms with van der Waals surface area (Å²) in [6, 6.07) is 20.4. The molecule has 3 aromatic carbocycles. The molecule has 3 rings (SSSR count). The number of amides is 3. The maximum absolute atomic E-state index is 13.8. The van der Waals surface area contributed by atoms with Gasteiger partial charge in [0.05, 0.1) is 0 Å². The fourth-order valence-electron chi connectivity index (χ4n) is 4.28. The zero-order valence-electron chi connectivity index (χ0n) is 23.0. The van der Waals surface area contributed by atoms with Crippen LogP contribution in [0.3, 0.4) is 0 Å². The van der Waals surface area contributed by atoms with Gasteiger partial charge in [0, 0.05) is 12.2 Å². The molecule has 0 aromatic heterocycles. The summed E-state index contributed by atoms with van der Waals surface area (Å²) in [6.45, 7) is 9.43. The van der Waals surface area contributed by atoms with E-state index in [1.165, 1.54) is 0 Å². The number of nitrogens with one attached hydrogen (secondary N) is 2. The Balaban J connectivity index is 1.91. The molecule has 0 aliphatic heterocycles. The molecule has 0 aliphatic rings. The van der Waals surface area contributed by atoms with Crippen LogP contribution in [0.15, 0.2) is 66.7 Å². The number of aryl methyl sites for hydroxylation is 1. The average molecular weight is 518 g/mol. The molecule has 0 saturated heterocycles. The van der Waals surface area contributed by atoms with Crippen molar-refractivity contribution in [2.75, 3.05) is 18.4 Å². The average Bonchev–Trinajstić information content (AvgIpc) is 2.85. The summed E-state index contributed by atoms with van der Waals surface area (Å²) in [5.74, 6) is -0.667. The predicted molar refractivity (Wildman–Crippen MR) is 152 cm³/mol. The number of unbranched alkanes of at least 4 members (excludes halogenated alkanes) is 2. The molecule has 1 atom stereocenters. The molecule has 3 aromatic rings. The Bertz CT molecular complexity index is 1270. The van der Waals surface area contributed by atoms with Gasteiger partial charge >= 0.3 is 6.09 Å². The van der Waals surface area contributed by atoms with Crippen molar-refractivity contribution >= 4 is 34.4 Å². The Kier molecular flexibility index (Phi) is 9.88. The number of hydrogen-bond acceptors (Lipinski definition) is 4. The van der Waals surface area contributed by atoms with Crippen LogP contribution < -0.4 is 10.6 Å². The van der Waals surface area contributed by atoms with Gasteiger partial charge in [-0.2, -0.15) is 0 Å². The molecule has 0 fully saturated rings. The van der Waals surface area contributed by atoms with Crippen molar-refractivity contribution in [3.63, 3.8) is 0 Å². The molecule has 0 bridgehead atoms. The minimum absolute atomic E-state index is 0.271. The minimum Gasteiger partial charge on any atom is -0.444 e. The summed E-state index contributed by atoms with van der Waals surface area (Å²) < 4.78 is 5.29. The summed E-state index contributed by atoms with van der Waals surface area (Å²) in [7, 11) is 0. The number of nitrogens with zero attached hydrogens (tertiary/aromatic N) is 1. The van der Waals surface area contributed by atoms with E-state index in [2.05, 4.69) is 17.6 Å². The summed E-state index contributed by atoms with van der Waals surface area (Å²) >= 11 is 0. The van der Waals surface area contributed by atoms with Crippen molar-refractivity contribution in [3.05, 3.63) is 77.9 Å². The Morgan fingerprint density at radius 2 is 1.66 bits per heavy atom. The first kappa shape index (κ1) is 28.7. The molecule has 0 heterocycles. The highest BCUT2D eigenvalue weighted by atomic mass is 16.6. The van der Waals surface area contributed by atoms with Crippen molar-refractivity contribution in [2.24, 2.45) is 0 Å². The van der Waals surface area contributed by atoms with E-state index in [1.54, 1.807) is 25.7 Å². The number of ether oxygens (including phenoxy) is 1. The van der Waals surface area contributed by atoms with Gasteiger partial charge in [0.25, 0.3) is 5.91 Å². The molecular weight excluding hydrogens is 478 g/mol. The first-order chi connectivity index (χ1) is 18.1. The van der Waals surface area contributed by atoms with Gasteiger partial charge in [0.1, 0.15) is 18.2 Å². The van der Waals surface area contributed by atoms with Crippen LogP contribution in [-0.4, -0.2) is 41.5 Å². The Morgan fingerprint density at radius 3 is 2.34 bits per heavy atom. The van der Waals surface area contributed by atoms with E-state index in [9.17, 15) is 14.4 Å². The number of rotatable bonds is 10. The van der Waals surface area contributed by atoms with Crippen LogP contribution in [0.5, 0.6) is 0 Å². The number of carbonyl (C=O) groups excluding carboxylic acids is 3. The molecule has 7 heteroatoms. The topological polar surface area (TPSA) is 87.7 Å². The van der Waals surface area contributed by atoms with Crippen molar-refractivity contribution in [3.8, 4) is 0 Å². The molecule has 7 nitrogen and oxygen atoms in total. The largest absolute Gasteiger partial charge is 0.444 e. The monoisotopic (exact) mass is 517 g/mol. The van der Waals surface area contributed by atoms with Crippen molar-refractivity contribution < 1.29 is 19.1 Å². The normalized spacial score (nSPS) is 12.0. The van der Waals surface area contributed by atoms with Gasteiger partial charge in [-0.05, 0) is 62.6 Å². The first-order valence-corrected chi connectivity index (χ1v) is 13.2. The van der Waals surface area contributed by atoms with Gasteiger partial charge in [-0.3, -0.25) is 9.59 Å². The summed E-state index contributed by atoms with van der Waals surface area (Å²) in [5, 5.41) is 7.66. The van der Waals surface area contributed by atoms with E-state index in [0.29, 0.717) is 17.8 Å². The van der Waals surface area contributed by atoms with Crippen LogP contribution in [0.1, 0.15) is 64.1 Å². The Morgan fingerprint density at radius 1 is 0.921 bits per heavy atom. The molecule has 0 saturated carbocycles. The van der Waals surface area contributed by atoms with Crippen molar-refractivity contribution in [1.29, 1.82) is 0 Å². The van der Waals surface area contributed by atoms with E-state index >= 15 is 0 Å². The van der Waals surface area contributed by atoms with Gasteiger partial charge in [0.2, 0.25) is 5.91 Å².